The fourth-order valence-corrected chi connectivity index (χ4v) is 3.00. The molecule has 1 amide bonds. The molecule has 0 bridgehead atoms. The van der Waals surface area contributed by atoms with E-state index in [1.165, 1.54) is 0 Å². The molecule has 3 N–H and O–H groups in total. The molecule has 0 aromatic heterocycles. The second-order valence-electron chi connectivity index (χ2n) is 5.57. The molecule has 1 aliphatic heterocycles. The average Bonchev–Trinajstić information content (AvgIpc) is 2.39. The molecule has 18 heavy (non-hydrogen) atoms. The van der Waals surface area contributed by atoms with Crippen LogP contribution >= 0.6 is 0 Å². The van der Waals surface area contributed by atoms with E-state index in [0.29, 0.717) is 19.5 Å². The summed E-state index contributed by atoms with van der Waals surface area (Å²) in [5.41, 5.74) is 5.83. The monoisotopic (exact) mass is 254 g/mol. The Morgan fingerprint density at radius 1 is 1.06 bits per heavy atom. The van der Waals surface area contributed by atoms with Gasteiger partial charge in [0.15, 0.2) is 0 Å². The normalized spacial score (nSPS) is 33.2. The van der Waals surface area contributed by atoms with Crippen LogP contribution in [0.5, 0.6) is 0 Å². The molecule has 0 aromatic carbocycles. The van der Waals surface area contributed by atoms with Crippen LogP contribution in [-0.4, -0.2) is 41.0 Å². The number of aliphatic carboxylic acids is 1. The number of likely N-dealkylation sites (tertiary alicyclic amines) is 1. The van der Waals surface area contributed by atoms with Crippen LogP contribution in [-0.2, 0) is 9.59 Å². The molecule has 2 fully saturated rings. The van der Waals surface area contributed by atoms with E-state index >= 15 is 0 Å². The summed E-state index contributed by atoms with van der Waals surface area (Å²) in [6.45, 7) is 1.10. The number of amides is 1. The van der Waals surface area contributed by atoms with Crippen molar-refractivity contribution >= 4 is 11.9 Å². The molecule has 5 nitrogen and oxygen atoms in total. The maximum atomic E-state index is 12.3. The number of hydrogen-bond donors (Lipinski definition) is 2. The predicted octanol–water partition coefficient (Wildman–Crippen LogP) is 0.827. The van der Waals surface area contributed by atoms with Crippen molar-refractivity contribution in [1.29, 1.82) is 0 Å². The topological polar surface area (TPSA) is 83.6 Å². The van der Waals surface area contributed by atoms with Gasteiger partial charge < -0.3 is 15.7 Å². The summed E-state index contributed by atoms with van der Waals surface area (Å²) in [7, 11) is 0. The molecule has 0 radical (unpaired) electrons. The SMILES string of the molecule is NC1CCC(C(=O)N2CCC[C@H](C(=O)O)C2)CC1. The van der Waals surface area contributed by atoms with E-state index < -0.39 is 5.97 Å². The van der Waals surface area contributed by atoms with Crippen molar-refractivity contribution in [2.45, 2.75) is 44.6 Å². The first-order valence-corrected chi connectivity index (χ1v) is 6.85. The van der Waals surface area contributed by atoms with Crippen molar-refractivity contribution in [2.75, 3.05) is 13.1 Å². The summed E-state index contributed by atoms with van der Waals surface area (Å²) >= 11 is 0. The van der Waals surface area contributed by atoms with E-state index in [2.05, 4.69) is 0 Å². The molecule has 5 heteroatoms. The lowest BCUT2D eigenvalue weighted by Crippen LogP contribution is -2.46. The van der Waals surface area contributed by atoms with Crippen LogP contribution in [0.1, 0.15) is 38.5 Å². The largest absolute Gasteiger partial charge is 0.481 e. The molecule has 2 rings (SSSR count). The quantitative estimate of drug-likeness (QED) is 0.764. The molecule has 1 heterocycles. The molecule has 1 aliphatic carbocycles. The van der Waals surface area contributed by atoms with Crippen LogP contribution < -0.4 is 5.73 Å². The summed E-state index contributed by atoms with van der Waals surface area (Å²) in [6.07, 6.45) is 5.02. The molecule has 0 aromatic rings. The van der Waals surface area contributed by atoms with E-state index in [1.54, 1.807) is 4.90 Å². The summed E-state index contributed by atoms with van der Waals surface area (Å²) in [6, 6.07) is 0.238. The van der Waals surface area contributed by atoms with Crippen LogP contribution in [0.15, 0.2) is 0 Å². The number of hydrogen-bond acceptors (Lipinski definition) is 3. The van der Waals surface area contributed by atoms with Crippen molar-refractivity contribution in [3.05, 3.63) is 0 Å². The van der Waals surface area contributed by atoms with Crippen LogP contribution in [0.25, 0.3) is 0 Å². The first-order chi connectivity index (χ1) is 8.58. The Kier molecular flexibility index (Phi) is 4.22. The number of piperidine rings is 1. The van der Waals surface area contributed by atoms with Crippen molar-refractivity contribution < 1.29 is 14.7 Å². The second-order valence-corrected chi connectivity index (χ2v) is 5.57. The highest BCUT2D eigenvalue weighted by atomic mass is 16.4. The molecule has 1 saturated carbocycles. The number of carboxylic acid groups (broad SMARTS) is 1. The van der Waals surface area contributed by atoms with Crippen molar-refractivity contribution in [3.8, 4) is 0 Å². The van der Waals surface area contributed by atoms with Gasteiger partial charge in [0.05, 0.1) is 5.92 Å². The van der Waals surface area contributed by atoms with Crippen molar-refractivity contribution in [3.63, 3.8) is 0 Å². The van der Waals surface area contributed by atoms with Crippen LogP contribution in [0, 0.1) is 11.8 Å². The molecule has 0 unspecified atom stereocenters. The highest BCUT2D eigenvalue weighted by Gasteiger charge is 2.33. The van der Waals surface area contributed by atoms with E-state index in [0.717, 1.165) is 32.1 Å². The lowest BCUT2D eigenvalue weighted by atomic mass is 9.85. The molecule has 2 aliphatic rings. The summed E-state index contributed by atoms with van der Waals surface area (Å²) in [5.74, 6) is -0.947. The van der Waals surface area contributed by atoms with Crippen molar-refractivity contribution in [1.82, 2.24) is 4.90 Å². The maximum Gasteiger partial charge on any atom is 0.308 e. The van der Waals surface area contributed by atoms with Crippen molar-refractivity contribution in [2.24, 2.45) is 17.6 Å². The van der Waals surface area contributed by atoms with Gasteiger partial charge in [0.1, 0.15) is 0 Å². The van der Waals surface area contributed by atoms with Gasteiger partial charge in [0.25, 0.3) is 0 Å². The minimum absolute atomic E-state index is 0.0670. The standard InChI is InChI=1S/C13H22N2O3/c14-11-5-3-9(4-6-11)12(16)15-7-1-2-10(8-15)13(17)18/h9-11H,1-8,14H2,(H,17,18)/t9?,10-,11?/m0/s1. The smallest absolute Gasteiger partial charge is 0.308 e. The summed E-state index contributed by atoms with van der Waals surface area (Å²) in [5, 5.41) is 9.03. The van der Waals surface area contributed by atoms with E-state index in [4.69, 9.17) is 10.8 Å². The van der Waals surface area contributed by atoms with E-state index in [9.17, 15) is 9.59 Å². The number of rotatable bonds is 2. The van der Waals surface area contributed by atoms with Gasteiger partial charge in [-0.15, -0.1) is 0 Å². The summed E-state index contributed by atoms with van der Waals surface area (Å²) < 4.78 is 0. The number of carbonyl (C=O) groups excluding carboxylic acids is 1. The number of nitrogens with two attached hydrogens (primary N) is 1. The van der Waals surface area contributed by atoms with Gasteiger partial charge in [0.2, 0.25) is 5.91 Å². The Labute approximate surface area is 107 Å². The van der Waals surface area contributed by atoms with Gasteiger partial charge in [-0.1, -0.05) is 0 Å². The van der Waals surface area contributed by atoms with E-state index in [-0.39, 0.29) is 23.8 Å². The zero-order valence-electron chi connectivity index (χ0n) is 10.7. The van der Waals surface area contributed by atoms with Gasteiger partial charge in [-0.05, 0) is 38.5 Å². The molecular formula is C13H22N2O3. The first-order valence-electron chi connectivity index (χ1n) is 6.85. The third-order valence-corrected chi connectivity index (χ3v) is 4.20. The maximum absolute atomic E-state index is 12.3. The van der Waals surface area contributed by atoms with Gasteiger partial charge in [-0.25, -0.2) is 0 Å². The Balaban J connectivity index is 1.90. The Bertz CT molecular complexity index is 324. The van der Waals surface area contributed by atoms with Crippen LogP contribution in [0.3, 0.4) is 0 Å². The van der Waals surface area contributed by atoms with Gasteiger partial charge >= 0.3 is 5.97 Å². The zero-order valence-corrected chi connectivity index (χ0v) is 10.7. The molecule has 0 spiro atoms. The highest BCUT2D eigenvalue weighted by Crippen LogP contribution is 2.27. The Hall–Kier alpha value is -1.10. The zero-order chi connectivity index (χ0) is 13.1. The lowest BCUT2D eigenvalue weighted by molar-refractivity contribution is -0.147. The first kappa shape index (κ1) is 13.3. The lowest BCUT2D eigenvalue weighted by Gasteiger charge is -2.35. The third kappa shape index (κ3) is 3.02. The molecule has 1 saturated heterocycles. The second kappa shape index (κ2) is 5.69. The fourth-order valence-electron chi connectivity index (χ4n) is 3.00. The highest BCUT2D eigenvalue weighted by molar-refractivity contribution is 5.80. The average molecular weight is 254 g/mol. The Morgan fingerprint density at radius 2 is 1.72 bits per heavy atom. The minimum Gasteiger partial charge on any atom is -0.481 e. The Morgan fingerprint density at radius 3 is 2.33 bits per heavy atom. The van der Waals surface area contributed by atoms with Crippen LogP contribution in [0.2, 0.25) is 0 Å². The number of carboxylic acids is 1. The van der Waals surface area contributed by atoms with Gasteiger partial charge in [0, 0.05) is 25.0 Å². The number of carbonyl (C=O) groups is 2. The van der Waals surface area contributed by atoms with Gasteiger partial charge in [-0.3, -0.25) is 9.59 Å². The van der Waals surface area contributed by atoms with E-state index in [1.807, 2.05) is 0 Å². The molecular weight excluding hydrogens is 232 g/mol. The number of nitrogens with zero attached hydrogens (tertiary/aromatic N) is 1. The van der Waals surface area contributed by atoms with Crippen LogP contribution in [0.4, 0.5) is 0 Å². The van der Waals surface area contributed by atoms with Gasteiger partial charge in [-0.2, -0.15) is 0 Å². The molecule has 102 valence electrons. The minimum atomic E-state index is -0.779. The fraction of sp³-hybridized carbons (Fsp3) is 0.846. The summed E-state index contributed by atoms with van der Waals surface area (Å²) in [4.78, 5) is 25.1. The predicted molar refractivity (Wildman–Crippen MR) is 66.9 cm³/mol. The molecule has 1 atom stereocenters. The third-order valence-electron chi connectivity index (χ3n) is 4.20.